The molecule has 0 radical (unpaired) electrons. The first-order chi connectivity index (χ1) is 11.0. The predicted octanol–water partition coefficient (Wildman–Crippen LogP) is 1.57. The van der Waals surface area contributed by atoms with Gasteiger partial charge < -0.3 is 15.5 Å². The summed E-state index contributed by atoms with van der Waals surface area (Å²) in [7, 11) is 0. The van der Waals surface area contributed by atoms with Crippen molar-refractivity contribution < 1.29 is 14.4 Å². The van der Waals surface area contributed by atoms with Gasteiger partial charge in [0.15, 0.2) is 0 Å². The molecule has 0 bridgehead atoms. The smallest absolute Gasteiger partial charge is 0.251 e. The third-order valence-electron chi connectivity index (χ3n) is 3.40. The molecule has 1 aromatic rings. The van der Waals surface area contributed by atoms with E-state index in [9.17, 15) is 14.4 Å². The van der Waals surface area contributed by atoms with Crippen LogP contribution < -0.4 is 15.5 Å². The van der Waals surface area contributed by atoms with Crippen LogP contribution in [0.5, 0.6) is 0 Å². The summed E-state index contributed by atoms with van der Waals surface area (Å²) in [5.41, 5.74) is 1.23. The van der Waals surface area contributed by atoms with E-state index in [-0.39, 0.29) is 24.3 Å². The van der Waals surface area contributed by atoms with E-state index < -0.39 is 0 Å². The van der Waals surface area contributed by atoms with Crippen molar-refractivity contribution in [3.8, 4) is 0 Å². The third kappa shape index (κ3) is 4.92. The summed E-state index contributed by atoms with van der Waals surface area (Å²) in [5.74, 6) is -0.525. The quantitative estimate of drug-likeness (QED) is 0.787. The second-order valence-electron chi connectivity index (χ2n) is 5.17. The van der Waals surface area contributed by atoms with Gasteiger partial charge in [0.25, 0.3) is 5.91 Å². The molecule has 7 heteroatoms. The fraction of sp³-hybridized carbons (Fsp3) is 0.312. The van der Waals surface area contributed by atoms with Crippen molar-refractivity contribution in [1.29, 1.82) is 0 Å². The summed E-state index contributed by atoms with van der Waals surface area (Å²) in [6, 6.07) is 6.78. The highest BCUT2D eigenvalue weighted by atomic mass is 79.9. The van der Waals surface area contributed by atoms with Gasteiger partial charge in [-0.15, -0.1) is 0 Å². The molecule has 2 rings (SSSR count). The number of nitrogens with zero attached hydrogens (tertiary/aromatic N) is 1. The lowest BCUT2D eigenvalue weighted by molar-refractivity contribution is -0.120. The number of amides is 3. The first-order valence-corrected chi connectivity index (χ1v) is 8.05. The summed E-state index contributed by atoms with van der Waals surface area (Å²) in [6.07, 6.45) is 1.43. The lowest BCUT2D eigenvalue weighted by Crippen LogP contribution is -2.37. The average molecular weight is 380 g/mol. The molecule has 0 atom stereocenters. The molecule has 6 nitrogen and oxygen atoms in total. The van der Waals surface area contributed by atoms with Gasteiger partial charge in [0.2, 0.25) is 11.8 Å². The summed E-state index contributed by atoms with van der Waals surface area (Å²) in [4.78, 5) is 36.9. The number of anilines is 1. The SMILES string of the molecule is C=C(Br)CNC(=O)CNC(=O)c1ccc(N2CCCC2=O)cc1. The number of benzene rings is 1. The van der Waals surface area contributed by atoms with Gasteiger partial charge in [0, 0.05) is 35.2 Å². The molecule has 2 N–H and O–H groups in total. The highest BCUT2D eigenvalue weighted by Gasteiger charge is 2.21. The Hall–Kier alpha value is -2.15. The Bertz CT molecular complexity index is 628. The molecule has 1 saturated heterocycles. The lowest BCUT2D eigenvalue weighted by Gasteiger charge is -2.15. The zero-order valence-electron chi connectivity index (χ0n) is 12.6. The summed E-state index contributed by atoms with van der Waals surface area (Å²) < 4.78 is 0.657. The van der Waals surface area contributed by atoms with Gasteiger partial charge in [0.05, 0.1) is 6.54 Å². The molecule has 0 spiro atoms. The van der Waals surface area contributed by atoms with E-state index in [1.807, 2.05) is 0 Å². The number of rotatable bonds is 6. The van der Waals surface area contributed by atoms with E-state index in [1.54, 1.807) is 29.2 Å². The number of halogens is 1. The Morgan fingerprint density at radius 2 is 1.87 bits per heavy atom. The molecule has 0 saturated carbocycles. The Labute approximate surface area is 143 Å². The molecule has 23 heavy (non-hydrogen) atoms. The Morgan fingerprint density at radius 1 is 1.17 bits per heavy atom. The molecular formula is C16H18BrN3O3. The van der Waals surface area contributed by atoms with Crippen molar-refractivity contribution in [3.05, 3.63) is 40.9 Å². The van der Waals surface area contributed by atoms with Gasteiger partial charge in [-0.05, 0) is 30.7 Å². The number of carbonyl (C=O) groups is 3. The standard InChI is InChI=1S/C16H18BrN3O3/c1-11(17)9-18-14(21)10-19-16(23)12-4-6-13(7-5-12)20-8-2-3-15(20)22/h4-7H,1-3,8-10H2,(H,18,21)(H,19,23). The highest BCUT2D eigenvalue weighted by Crippen LogP contribution is 2.21. The van der Waals surface area contributed by atoms with Crippen LogP contribution in [0.4, 0.5) is 5.69 Å². The largest absolute Gasteiger partial charge is 0.350 e. The van der Waals surface area contributed by atoms with Gasteiger partial charge in [-0.3, -0.25) is 14.4 Å². The fourth-order valence-corrected chi connectivity index (χ4v) is 2.37. The molecule has 0 aromatic heterocycles. The van der Waals surface area contributed by atoms with E-state index in [4.69, 9.17) is 0 Å². The van der Waals surface area contributed by atoms with E-state index in [2.05, 4.69) is 33.1 Å². The predicted molar refractivity (Wildman–Crippen MR) is 91.4 cm³/mol. The maximum absolute atomic E-state index is 12.0. The minimum Gasteiger partial charge on any atom is -0.350 e. The molecule has 1 aliphatic heterocycles. The molecule has 0 aliphatic carbocycles. The molecule has 122 valence electrons. The van der Waals surface area contributed by atoms with Crippen LogP contribution in [0.15, 0.2) is 35.3 Å². The number of hydrogen-bond acceptors (Lipinski definition) is 3. The van der Waals surface area contributed by atoms with Gasteiger partial charge >= 0.3 is 0 Å². The van der Waals surface area contributed by atoms with E-state index in [0.717, 1.165) is 12.1 Å². The highest BCUT2D eigenvalue weighted by molar-refractivity contribution is 9.11. The van der Waals surface area contributed by atoms with Gasteiger partial charge in [-0.1, -0.05) is 22.5 Å². The monoisotopic (exact) mass is 379 g/mol. The molecule has 0 unspecified atom stereocenters. The van der Waals surface area contributed by atoms with Crippen molar-refractivity contribution in [1.82, 2.24) is 10.6 Å². The second-order valence-corrected chi connectivity index (χ2v) is 6.29. The van der Waals surface area contributed by atoms with E-state index >= 15 is 0 Å². The molecule has 1 aliphatic rings. The van der Waals surface area contributed by atoms with Crippen LogP contribution in [0.3, 0.4) is 0 Å². The van der Waals surface area contributed by atoms with Crippen LogP contribution in [0.25, 0.3) is 0 Å². The van der Waals surface area contributed by atoms with Gasteiger partial charge in [0.1, 0.15) is 0 Å². The molecule has 3 amide bonds. The average Bonchev–Trinajstić information content (AvgIpc) is 2.96. The molecule has 1 fully saturated rings. The maximum Gasteiger partial charge on any atom is 0.251 e. The Balaban J connectivity index is 1.86. The Morgan fingerprint density at radius 3 is 2.43 bits per heavy atom. The van der Waals surface area contributed by atoms with Crippen LogP contribution >= 0.6 is 15.9 Å². The van der Waals surface area contributed by atoms with Crippen LogP contribution in [0.1, 0.15) is 23.2 Å². The molecule has 1 aromatic carbocycles. The van der Waals surface area contributed by atoms with Crippen molar-refractivity contribution in [3.63, 3.8) is 0 Å². The number of hydrogen-bond donors (Lipinski definition) is 2. The van der Waals surface area contributed by atoms with E-state index in [0.29, 0.717) is 29.6 Å². The summed E-state index contributed by atoms with van der Waals surface area (Å²) in [6.45, 7) is 4.52. The fourth-order valence-electron chi connectivity index (χ4n) is 2.23. The topological polar surface area (TPSA) is 78.5 Å². The van der Waals surface area contributed by atoms with Crippen LogP contribution in [-0.4, -0.2) is 37.4 Å². The van der Waals surface area contributed by atoms with Crippen molar-refractivity contribution >= 4 is 39.3 Å². The number of carbonyl (C=O) groups excluding carboxylic acids is 3. The zero-order valence-corrected chi connectivity index (χ0v) is 14.2. The van der Waals surface area contributed by atoms with Crippen molar-refractivity contribution in [2.24, 2.45) is 0 Å². The first-order valence-electron chi connectivity index (χ1n) is 7.26. The minimum atomic E-state index is -0.336. The van der Waals surface area contributed by atoms with Crippen molar-refractivity contribution in [2.45, 2.75) is 12.8 Å². The third-order valence-corrected chi connectivity index (χ3v) is 3.68. The van der Waals surface area contributed by atoms with Crippen LogP contribution in [0, 0.1) is 0 Å². The number of nitrogens with one attached hydrogen (secondary N) is 2. The van der Waals surface area contributed by atoms with Crippen LogP contribution in [-0.2, 0) is 9.59 Å². The lowest BCUT2D eigenvalue weighted by atomic mass is 10.2. The minimum absolute atomic E-state index is 0.104. The van der Waals surface area contributed by atoms with E-state index in [1.165, 1.54) is 0 Å². The molecule has 1 heterocycles. The normalized spacial score (nSPS) is 13.8. The zero-order chi connectivity index (χ0) is 16.8. The van der Waals surface area contributed by atoms with Crippen LogP contribution in [0.2, 0.25) is 0 Å². The second kappa shape index (κ2) is 7.92. The summed E-state index contributed by atoms with van der Waals surface area (Å²) in [5, 5.41) is 5.14. The maximum atomic E-state index is 12.0. The van der Waals surface area contributed by atoms with Gasteiger partial charge in [-0.2, -0.15) is 0 Å². The molecular weight excluding hydrogens is 362 g/mol. The van der Waals surface area contributed by atoms with Gasteiger partial charge in [-0.25, -0.2) is 0 Å². The first kappa shape index (κ1) is 17.2. The summed E-state index contributed by atoms with van der Waals surface area (Å²) >= 11 is 3.13. The van der Waals surface area contributed by atoms with Crippen molar-refractivity contribution in [2.75, 3.05) is 24.5 Å². The Kier molecular flexibility index (Phi) is 5.92.